The van der Waals surface area contributed by atoms with Gasteiger partial charge in [-0.1, -0.05) is 30.3 Å². The lowest BCUT2D eigenvalue weighted by Gasteiger charge is -2.22. The van der Waals surface area contributed by atoms with Crippen molar-refractivity contribution in [2.45, 2.75) is 32.1 Å². The van der Waals surface area contributed by atoms with Crippen LogP contribution in [0.15, 0.2) is 48.5 Å². The maximum Gasteiger partial charge on any atom is 0.339 e. The zero-order chi connectivity index (χ0) is 24.4. The number of ether oxygens (including phenoxy) is 2. The number of fused-ring (bicyclic) bond motifs is 2. The van der Waals surface area contributed by atoms with E-state index >= 15 is 0 Å². The average Bonchev–Trinajstić information content (AvgIpc) is 3.32. The van der Waals surface area contributed by atoms with Gasteiger partial charge in [-0.3, -0.25) is 14.5 Å². The number of benzene rings is 2. The molecule has 0 unspecified atom stereocenters. The van der Waals surface area contributed by atoms with Gasteiger partial charge in [-0.2, -0.15) is 0 Å². The quantitative estimate of drug-likeness (QED) is 0.513. The van der Waals surface area contributed by atoms with Gasteiger partial charge in [0, 0.05) is 18.4 Å². The van der Waals surface area contributed by atoms with Gasteiger partial charge in [-0.15, -0.1) is 0 Å². The Morgan fingerprint density at radius 3 is 2.57 bits per heavy atom. The highest BCUT2D eigenvalue weighted by Gasteiger charge is 2.29. The number of imide groups is 1. The normalized spacial score (nSPS) is 16.4. The molecule has 0 radical (unpaired) electrons. The number of rotatable bonds is 5. The number of carbonyl (C=O) groups is 3. The molecule has 35 heavy (non-hydrogen) atoms. The molecule has 1 aliphatic heterocycles. The van der Waals surface area contributed by atoms with Crippen molar-refractivity contribution < 1.29 is 23.9 Å². The van der Waals surface area contributed by atoms with Gasteiger partial charge in [0.25, 0.3) is 5.91 Å². The van der Waals surface area contributed by atoms with Crippen molar-refractivity contribution in [3.05, 3.63) is 70.9 Å². The van der Waals surface area contributed by atoms with Crippen molar-refractivity contribution >= 4 is 40.3 Å². The van der Waals surface area contributed by atoms with E-state index in [9.17, 15) is 14.4 Å². The number of pyridine rings is 1. The minimum Gasteiger partial charge on any atom is -0.497 e. The van der Waals surface area contributed by atoms with E-state index in [0.29, 0.717) is 42.3 Å². The topological polar surface area (TPSA) is 85.8 Å². The monoisotopic (exact) mass is 470 g/mol. The minimum atomic E-state index is -0.564. The summed E-state index contributed by atoms with van der Waals surface area (Å²) in [6, 6.07) is 15.3. The van der Waals surface area contributed by atoms with Crippen LogP contribution in [0.25, 0.3) is 22.6 Å². The number of carbonyl (C=O) groups excluding carboxylic acids is 3. The van der Waals surface area contributed by atoms with Crippen molar-refractivity contribution in [1.82, 2.24) is 9.88 Å². The van der Waals surface area contributed by atoms with Crippen LogP contribution in [0.4, 0.5) is 0 Å². The number of hydrogen-bond donors (Lipinski definition) is 0. The zero-order valence-corrected chi connectivity index (χ0v) is 19.6. The molecule has 0 atom stereocenters. The molecule has 2 heterocycles. The molecule has 7 nitrogen and oxygen atoms in total. The largest absolute Gasteiger partial charge is 0.497 e. The standard InChI is InChI=1S/C28H26N2O5/c1-34-20-13-11-18(12-14-20)16-19-6-4-8-22-26(21-7-2-3-9-23(21)29-27(19)22)28(33)35-17-25(32)30-15-5-10-24(30)31/h2-3,7,9,11-14,16H,4-6,8,10,15,17H2,1H3. The summed E-state index contributed by atoms with van der Waals surface area (Å²) < 4.78 is 10.7. The summed E-state index contributed by atoms with van der Waals surface area (Å²) in [6.45, 7) is -0.0765. The van der Waals surface area contributed by atoms with Gasteiger partial charge in [-0.05, 0) is 66.7 Å². The first-order valence-corrected chi connectivity index (χ1v) is 11.8. The van der Waals surface area contributed by atoms with E-state index in [2.05, 4.69) is 6.08 Å². The maximum absolute atomic E-state index is 13.3. The van der Waals surface area contributed by atoms with Crippen molar-refractivity contribution in [2.75, 3.05) is 20.3 Å². The molecule has 3 aromatic rings. The van der Waals surface area contributed by atoms with Crippen LogP contribution in [0.2, 0.25) is 0 Å². The van der Waals surface area contributed by atoms with Crippen molar-refractivity contribution in [1.29, 1.82) is 0 Å². The van der Waals surface area contributed by atoms with E-state index in [4.69, 9.17) is 14.5 Å². The second-order valence-electron chi connectivity index (χ2n) is 8.75. The fourth-order valence-electron chi connectivity index (χ4n) is 4.80. The van der Waals surface area contributed by atoms with Crippen molar-refractivity contribution in [3.8, 4) is 5.75 Å². The van der Waals surface area contributed by atoms with E-state index in [0.717, 1.165) is 41.0 Å². The number of amides is 2. The molecule has 0 spiro atoms. The van der Waals surface area contributed by atoms with Crippen LogP contribution < -0.4 is 4.74 Å². The molecule has 0 bridgehead atoms. The third kappa shape index (κ3) is 4.54. The van der Waals surface area contributed by atoms with E-state index in [1.54, 1.807) is 7.11 Å². The number of aromatic nitrogens is 1. The first-order chi connectivity index (χ1) is 17.0. The van der Waals surface area contributed by atoms with Crippen LogP contribution in [0.3, 0.4) is 0 Å². The second-order valence-corrected chi connectivity index (χ2v) is 8.75. The third-order valence-corrected chi connectivity index (χ3v) is 6.53. The van der Waals surface area contributed by atoms with Gasteiger partial charge < -0.3 is 9.47 Å². The van der Waals surface area contributed by atoms with Crippen LogP contribution in [0.1, 0.15) is 52.9 Å². The number of likely N-dealkylation sites (tertiary alicyclic amines) is 1. The molecule has 2 aliphatic rings. The van der Waals surface area contributed by atoms with Crippen LogP contribution in [-0.4, -0.2) is 47.9 Å². The summed E-state index contributed by atoms with van der Waals surface area (Å²) in [4.78, 5) is 43.7. The molecule has 0 saturated carbocycles. The summed E-state index contributed by atoms with van der Waals surface area (Å²) in [7, 11) is 1.64. The van der Waals surface area contributed by atoms with Gasteiger partial charge in [0.15, 0.2) is 6.61 Å². The average molecular weight is 471 g/mol. The third-order valence-electron chi connectivity index (χ3n) is 6.53. The number of allylic oxidation sites excluding steroid dienone is 1. The summed E-state index contributed by atoms with van der Waals surface area (Å²) in [5, 5.41) is 0.701. The maximum atomic E-state index is 13.3. The Labute approximate surface area is 203 Å². The predicted molar refractivity (Wildman–Crippen MR) is 132 cm³/mol. The lowest BCUT2D eigenvalue weighted by molar-refractivity contribution is -0.143. The van der Waals surface area contributed by atoms with Gasteiger partial charge in [0.2, 0.25) is 5.91 Å². The Kier molecular flexibility index (Phi) is 6.31. The van der Waals surface area contributed by atoms with E-state index in [-0.39, 0.29) is 5.91 Å². The Hall–Kier alpha value is -4.00. The van der Waals surface area contributed by atoms with Crippen LogP contribution in [0, 0.1) is 0 Å². The highest BCUT2D eigenvalue weighted by molar-refractivity contribution is 6.07. The predicted octanol–water partition coefficient (Wildman–Crippen LogP) is 4.43. The van der Waals surface area contributed by atoms with Gasteiger partial charge in [0.1, 0.15) is 5.75 Å². The van der Waals surface area contributed by atoms with Crippen molar-refractivity contribution in [3.63, 3.8) is 0 Å². The first kappa shape index (κ1) is 22.8. The highest BCUT2D eigenvalue weighted by Crippen LogP contribution is 2.36. The van der Waals surface area contributed by atoms with Gasteiger partial charge in [0.05, 0.1) is 23.9 Å². The molecule has 5 rings (SSSR count). The van der Waals surface area contributed by atoms with E-state index in [1.165, 1.54) is 4.90 Å². The molecule has 2 amide bonds. The van der Waals surface area contributed by atoms with Crippen LogP contribution in [0.5, 0.6) is 5.75 Å². The fourth-order valence-corrected chi connectivity index (χ4v) is 4.80. The molecule has 1 saturated heterocycles. The molecular weight excluding hydrogens is 444 g/mol. The summed E-state index contributed by atoms with van der Waals surface area (Å²) in [5.41, 5.74) is 4.85. The number of esters is 1. The summed E-state index contributed by atoms with van der Waals surface area (Å²) in [6.07, 6.45) is 5.49. The lowest BCUT2D eigenvalue weighted by Crippen LogP contribution is -2.35. The minimum absolute atomic E-state index is 0.217. The number of nitrogens with zero attached hydrogens (tertiary/aromatic N) is 2. The van der Waals surface area contributed by atoms with E-state index in [1.807, 2.05) is 48.5 Å². The second kappa shape index (κ2) is 9.70. The van der Waals surface area contributed by atoms with E-state index < -0.39 is 18.5 Å². The molecule has 178 valence electrons. The summed E-state index contributed by atoms with van der Waals surface area (Å²) >= 11 is 0. The SMILES string of the molecule is COc1ccc(C=C2CCCc3c2nc2ccccc2c3C(=O)OCC(=O)N2CCCC2=O)cc1. The van der Waals surface area contributed by atoms with Crippen LogP contribution in [-0.2, 0) is 20.7 Å². The molecule has 0 N–H and O–H groups in total. The highest BCUT2D eigenvalue weighted by atomic mass is 16.5. The molecule has 1 fully saturated rings. The van der Waals surface area contributed by atoms with Gasteiger partial charge >= 0.3 is 5.97 Å². The Bertz CT molecular complexity index is 1340. The Morgan fingerprint density at radius 1 is 1.03 bits per heavy atom. The van der Waals surface area contributed by atoms with Crippen LogP contribution >= 0.6 is 0 Å². The zero-order valence-electron chi connectivity index (χ0n) is 19.6. The smallest absolute Gasteiger partial charge is 0.339 e. The Morgan fingerprint density at radius 2 is 1.83 bits per heavy atom. The molecule has 1 aromatic heterocycles. The van der Waals surface area contributed by atoms with Crippen molar-refractivity contribution in [2.24, 2.45) is 0 Å². The first-order valence-electron chi connectivity index (χ1n) is 11.8. The summed E-state index contributed by atoms with van der Waals surface area (Å²) in [5.74, 6) is -0.472. The molecular formula is C28H26N2O5. The number of hydrogen-bond acceptors (Lipinski definition) is 6. The molecule has 1 aliphatic carbocycles. The molecule has 7 heteroatoms. The Balaban J connectivity index is 1.50. The molecule has 2 aromatic carbocycles. The number of para-hydroxylation sites is 1. The van der Waals surface area contributed by atoms with Gasteiger partial charge in [-0.25, -0.2) is 9.78 Å². The fraction of sp³-hybridized carbons (Fsp3) is 0.286. The number of methoxy groups -OCH3 is 1. The lowest BCUT2D eigenvalue weighted by atomic mass is 9.86.